The van der Waals surface area contributed by atoms with Crippen molar-refractivity contribution in [2.75, 3.05) is 13.7 Å². The van der Waals surface area contributed by atoms with Gasteiger partial charge in [0.05, 0.1) is 5.39 Å². The Morgan fingerprint density at radius 3 is 2.70 bits per heavy atom. The van der Waals surface area contributed by atoms with Crippen molar-refractivity contribution in [1.82, 2.24) is 19.1 Å². The highest BCUT2D eigenvalue weighted by molar-refractivity contribution is 7.17. The Hall–Kier alpha value is -2.77. The highest BCUT2D eigenvalue weighted by atomic mass is 32.1. The van der Waals surface area contributed by atoms with E-state index in [0.717, 1.165) is 22.4 Å². The molecule has 1 aromatic carbocycles. The second-order valence-corrected chi connectivity index (χ2v) is 7.15. The van der Waals surface area contributed by atoms with Crippen LogP contribution in [-0.4, -0.2) is 32.8 Å². The molecular weight excluding hydrogens is 360 g/mol. The first kappa shape index (κ1) is 17.6. The molecular formula is C20H20N4O2S. The minimum absolute atomic E-state index is 0.0331. The van der Waals surface area contributed by atoms with Crippen LogP contribution >= 0.6 is 11.3 Å². The van der Waals surface area contributed by atoms with Gasteiger partial charge < -0.3 is 9.30 Å². The van der Waals surface area contributed by atoms with E-state index >= 15 is 0 Å². The highest BCUT2D eigenvalue weighted by Crippen LogP contribution is 2.32. The molecule has 0 N–H and O–H groups in total. The van der Waals surface area contributed by atoms with Crippen molar-refractivity contribution in [3.63, 3.8) is 0 Å². The number of fused-ring (bicyclic) bond motifs is 1. The van der Waals surface area contributed by atoms with Crippen LogP contribution in [0.4, 0.5) is 0 Å². The maximum atomic E-state index is 13.5. The molecule has 0 unspecified atom stereocenters. The fourth-order valence-electron chi connectivity index (χ4n) is 3.18. The van der Waals surface area contributed by atoms with Crippen LogP contribution in [0.3, 0.4) is 0 Å². The van der Waals surface area contributed by atoms with E-state index in [1.165, 1.54) is 11.3 Å². The summed E-state index contributed by atoms with van der Waals surface area (Å²) in [4.78, 5) is 23.4. The second kappa shape index (κ2) is 7.46. The van der Waals surface area contributed by atoms with Crippen molar-refractivity contribution < 1.29 is 4.74 Å². The quantitative estimate of drug-likeness (QED) is 0.480. The lowest BCUT2D eigenvalue weighted by molar-refractivity contribution is 0.190. The minimum atomic E-state index is -0.0331. The van der Waals surface area contributed by atoms with E-state index in [2.05, 4.69) is 4.98 Å². The summed E-state index contributed by atoms with van der Waals surface area (Å²) >= 11 is 1.49. The van der Waals surface area contributed by atoms with E-state index in [0.29, 0.717) is 30.2 Å². The van der Waals surface area contributed by atoms with Crippen molar-refractivity contribution in [1.29, 1.82) is 0 Å². The number of benzene rings is 1. The van der Waals surface area contributed by atoms with Crippen LogP contribution in [0.1, 0.15) is 6.42 Å². The van der Waals surface area contributed by atoms with E-state index in [9.17, 15) is 4.79 Å². The normalized spacial score (nSPS) is 11.3. The van der Waals surface area contributed by atoms with Gasteiger partial charge in [0.15, 0.2) is 11.6 Å². The molecule has 0 amide bonds. The van der Waals surface area contributed by atoms with Crippen LogP contribution in [0, 0.1) is 0 Å². The van der Waals surface area contributed by atoms with Gasteiger partial charge >= 0.3 is 0 Å². The van der Waals surface area contributed by atoms with Gasteiger partial charge in [0, 0.05) is 50.6 Å². The molecule has 3 aromatic heterocycles. The fraction of sp³-hybridized carbons (Fsp3) is 0.250. The lowest BCUT2D eigenvalue weighted by Crippen LogP contribution is -2.25. The molecule has 4 aromatic rings. The number of rotatable bonds is 6. The van der Waals surface area contributed by atoms with E-state index in [1.54, 1.807) is 17.9 Å². The largest absolute Gasteiger partial charge is 0.385 e. The maximum absolute atomic E-state index is 13.5. The summed E-state index contributed by atoms with van der Waals surface area (Å²) in [5.41, 5.74) is 1.92. The number of aromatic nitrogens is 4. The van der Waals surface area contributed by atoms with Gasteiger partial charge in [0.1, 0.15) is 4.83 Å². The monoisotopic (exact) mass is 380 g/mol. The third kappa shape index (κ3) is 3.20. The van der Waals surface area contributed by atoms with Crippen LogP contribution in [0.25, 0.3) is 33.0 Å². The summed E-state index contributed by atoms with van der Waals surface area (Å²) in [6.45, 7) is 1.11. The SMILES string of the molecule is COCCCn1c(-c2nccn2C)nc2scc(-c3ccccc3)c2c1=O. The molecule has 27 heavy (non-hydrogen) atoms. The first-order chi connectivity index (χ1) is 13.2. The molecule has 0 spiro atoms. The van der Waals surface area contributed by atoms with E-state index in [4.69, 9.17) is 9.72 Å². The van der Waals surface area contributed by atoms with Gasteiger partial charge in [-0.25, -0.2) is 9.97 Å². The Labute approximate surface area is 160 Å². The smallest absolute Gasteiger partial charge is 0.263 e. The molecule has 0 fully saturated rings. The molecule has 0 atom stereocenters. The minimum Gasteiger partial charge on any atom is -0.385 e. The first-order valence-electron chi connectivity index (χ1n) is 8.75. The Bertz CT molecular complexity index is 1130. The second-order valence-electron chi connectivity index (χ2n) is 6.30. The molecule has 0 aliphatic carbocycles. The number of aryl methyl sites for hydroxylation is 1. The van der Waals surface area contributed by atoms with Gasteiger partial charge in [-0.15, -0.1) is 11.3 Å². The molecule has 4 rings (SSSR count). The maximum Gasteiger partial charge on any atom is 0.263 e. The highest BCUT2D eigenvalue weighted by Gasteiger charge is 2.19. The molecule has 0 aliphatic heterocycles. The fourth-order valence-corrected chi connectivity index (χ4v) is 4.12. The average Bonchev–Trinajstić information content (AvgIpc) is 3.30. The summed E-state index contributed by atoms with van der Waals surface area (Å²) in [7, 11) is 3.57. The summed E-state index contributed by atoms with van der Waals surface area (Å²) < 4.78 is 8.77. The van der Waals surface area contributed by atoms with Crippen molar-refractivity contribution in [2.24, 2.45) is 7.05 Å². The molecule has 0 bridgehead atoms. The Morgan fingerprint density at radius 1 is 1.19 bits per heavy atom. The number of hydrogen-bond acceptors (Lipinski definition) is 5. The first-order valence-corrected chi connectivity index (χ1v) is 9.62. The van der Waals surface area contributed by atoms with Crippen LogP contribution in [-0.2, 0) is 18.3 Å². The Kier molecular flexibility index (Phi) is 4.87. The number of imidazole rings is 1. The zero-order valence-electron chi connectivity index (χ0n) is 15.3. The van der Waals surface area contributed by atoms with Crippen LogP contribution in [0.2, 0.25) is 0 Å². The van der Waals surface area contributed by atoms with Crippen molar-refractivity contribution in [3.05, 3.63) is 58.5 Å². The zero-order valence-corrected chi connectivity index (χ0v) is 16.1. The van der Waals surface area contributed by atoms with Gasteiger partial charge in [0.2, 0.25) is 0 Å². The molecule has 0 aliphatic rings. The standard InChI is InChI=1S/C20H20N4O2S/c1-23-11-9-21-17(23)18-22-19-16(20(25)24(18)10-6-12-26-2)15(13-27-19)14-7-4-3-5-8-14/h3-5,7-9,11,13H,6,10,12H2,1-2H3. The summed E-state index contributed by atoms with van der Waals surface area (Å²) in [5.74, 6) is 1.28. The molecule has 0 saturated heterocycles. The number of ether oxygens (including phenoxy) is 1. The third-order valence-corrected chi connectivity index (χ3v) is 5.40. The van der Waals surface area contributed by atoms with Crippen LogP contribution in [0.5, 0.6) is 0 Å². The van der Waals surface area contributed by atoms with Gasteiger partial charge in [-0.3, -0.25) is 9.36 Å². The van der Waals surface area contributed by atoms with Crippen molar-refractivity contribution >= 4 is 21.6 Å². The topological polar surface area (TPSA) is 61.9 Å². The predicted molar refractivity (Wildman–Crippen MR) is 108 cm³/mol. The Morgan fingerprint density at radius 2 is 2.00 bits per heavy atom. The lowest BCUT2D eigenvalue weighted by Gasteiger charge is -2.12. The predicted octanol–water partition coefficient (Wildman–Crippen LogP) is 3.56. The van der Waals surface area contributed by atoms with Crippen molar-refractivity contribution in [3.8, 4) is 22.8 Å². The van der Waals surface area contributed by atoms with Gasteiger partial charge in [-0.2, -0.15) is 0 Å². The van der Waals surface area contributed by atoms with E-state index < -0.39 is 0 Å². The van der Waals surface area contributed by atoms with Gasteiger partial charge in [-0.1, -0.05) is 30.3 Å². The van der Waals surface area contributed by atoms with E-state index in [-0.39, 0.29) is 5.56 Å². The zero-order chi connectivity index (χ0) is 18.8. The Balaban J connectivity index is 1.95. The molecule has 6 nitrogen and oxygen atoms in total. The molecule has 138 valence electrons. The van der Waals surface area contributed by atoms with Gasteiger partial charge in [-0.05, 0) is 12.0 Å². The number of thiophene rings is 1. The number of methoxy groups -OCH3 is 1. The third-order valence-electron chi connectivity index (χ3n) is 4.53. The summed E-state index contributed by atoms with van der Waals surface area (Å²) in [5, 5.41) is 2.68. The molecule has 0 saturated carbocycles. The summed E-state index contributed by atoms with van der Waals surface area (Å²) in [6.07, 6.45) is 4.30. The summed E-state index contributed by atoms with van der Waals surface area (Å²) in [6, 6.07) is 9.96. The van der Waals surface area contributed by atoms with Crippen LogP contribution < -0.4 is 5.56 Å². The number of nitrogens with zero attached hydrogens (tertiary/aromatic N) is 4. The molecule has 7 heteroatoms. The van der Waals surface area contributed by atoms with Crippen LogP contribution in [0.15, 0.2) is 52.9 Å². The van der Waals surface area contributed by atoms with Gasteiger partial charge in [0.25, 0.3) is 5.56 Å². The van der Waals surface area contributed by atoms with Crippen molar-refractivity contribution in [2.45, 2.75) is 13.0 Å². The van der Waals surface area contributed by atoms with E-state index in [1.807, 2.05) is 53.5 Å². The lowest BCUT2D eigenvalue weighted by atomic mass is 10.1. The molecule has 0 radical (unpaired) electrons. The number of hydrogen-bond donors (Lipinski definition) is 0. The molecule has 3 heterocycles. The average molecular weight is 380 g/mol.